The Morgan fingerprint density at radius 3 is 2.53 bits per heavy atom. The van der Waals surface area contributed by atoms with E-state index in [0.29, 0.717) is 11.3 Å². The summed E-state index contributed by atoms with van der Waals surface area (Å²) in [6.07, 6.45) is 6.15. The molecule has 1 rings (SSSR count). The Morgan fingerprint density at radius 2 is 2.13 bits per heavy atom. The van der Waals surface area contributed by atoms with E-state index in [1.165, 1.54) is 12.8 Å². The van der Waals surface area contributed by atoms with E-state index in [0.717, 1.165) is 0 Å². The van der Waals surface area contributed by atoms with Gasteiger partial charge in [-0.1, -0.05) is 40.2 Å². The van der Waals surface area contributed by atoms with Crippen LogP contribution in [0.5, 0.6) is 0 Å². The first-order valence-electron chi connectivity index (χ1n) is 5.85. The number of carbonyl (C=O) groups is 1. The van der Waals surface area contributed by atoms with Gasteiger partial charge in [0.1, 0.15) is 0 Å². The summed E-state index contributed by atoms with van der Waals surface area (Å²) >= 11 is 0. The normalized spacial score (nSPS) is 23.7. The van der Waals surface area contributed by atoms with Crippen molar-refractivity contribution in [3.63, 3.8) is 0 Å². The minimum Gasteiger partial charge on any atom is -0.335 e. The lowest BCUT2D eigenvalue weighted by Gasteiger charge is -2.38. The van der Waals surface area contributed by atoms with Crippen molar-refractivity contribution >= 4 is 5.91 Å². The minimum atomic E-state index is 0.138. The maximum Gasteiger partial charge on any atom is 0.246 e. The van der Waals surface area contributed by atoms with Crippen LogP contribution in [0.15, 0.2) is 12.2 Å². The molecule has 1 unspecified atom stereocenters. The first kappa shape index (κ1) is 12.3. The maximum atomic E-state index is 11.4. The quantitative estimate of drug-likeness (QED) is 0.697. The first-order chi connectivity index (χ1) is 6.90. The maximum absolute atomic E-state index is 11.4. The molecule has 2 atom stereocenters. The van der Waals surface area contributed by atoms with Crippen molar-refractivity contribution in [1.29, 1.82) is 0 Å². The number of amides is 1. The van der Waals surface area contributed by atoms with Crippen LogP contribution in [0.2, 0.25) is 0 Å². The molecule has 2 nitrogen and oxygen atoms in total. The predicted molar refractivity (Wildman–Crippen MR) is 63.6 cm³/mol. The molecule has 86 valence electrons. The Bertz CT molecular complexity index is 268. The number of rotatable bonds is 4. The number of hydrogen-bond donors (Lipinski definition) is 0. The average Bonchev–Trinajstić information content (AvgIpc) is 2.46. The van der Waals surface area contributed by atoms with Crippen LogP contribution in [0.4, 0.5) is 0 Å². The zero-order valence-electron chi connectivity index (χ0n) is 10.6. The summed E-state index contributed by atoms with van der Waals surface area (Å²) in [6.45, 7) is 9.06. The van der Waals surface area contributed by atoms with Gasteiger partial charge in [0.2, 0.25) is 5.91 Å². The van der Waals surface area contributed by atoms with Crippen molar-refractivity contribution in [2.24, 2.45) is 11.3 Å². The van der Waals surface area contributed by atoms with Crippen LogP contribution in [-0.2, 0) is 4.79 Å². The highest BCUT2D eigenvalue weighted by molar-refractivity contribution is 5.90. The van der Waals surface area contributed by atoms with E-state index in [2.05, 4.69) is 27.7 Å². The second-order valence-corrected chi connectivity index (χ2v) is 5.33. The van der Waals surface area contributed by atoms with Crippen LogP contribution in [0.3, 0.4) is 0 Å². The van der Waals surface area contributed by atoms with Gasteiger partial charge in [0.25, 0.3) is 0 Å². The number of hydrogen-bond acceptors (Lipinski definition) is 1. The molecule has 1 aliphatic rings. The van der Waals surface area contributed by atoms with E-state index in [1.807, 2.05) is 18.0 Å². The van der Waals surface area contributed by atoms with Gasteiger partial charge in [-0.2, -0.15) is 0 Å². The highest BCUT2D eigenvalue weighted by Crippen LogP contribution is 2.37. The second kappa shape index (κ2) is 4.38. The fourth-order valence-electron chi connectivity index (χ4n) is 2.41. The topological polar surface area (TPSA) is 20.3 Å². The van der Waals surface area contributed by atoms with Crippen LogP contribution >= 0.6 is 0 Å². The van der Waals surface area contributed by atoms with Crippen LogP contribution in [0, 0.1) is 11.3 Å². The van der Waals surface area contributed by atoms with Gasteiger partial charge in [0.05, 0.1) is 6.04 Å². The Balaban J connectivity index is 2.72. The molecule has 15 heavy (non-hydrogen) atoms. The highest BCUT2D eigenvalue weighted by Gasteiger charge is 2.35. The summed E-state index contributed by atoms with van der Waals surface area (Å²) in [6, 6.07) is 0.277. The number of nitrogens with zero attached hydrogens (tertiary/aromatic N) is 1. The molecular formula is C13H23NO. The van der Waals surface area contributed by atoms with Gasteiger partial charge < -0.3 is 4.90 Å². The third-order valence-electron chi connectivity index (χ3n) is 3.87. The molecule has 0 fully saturated rings. The summed E-state index contributed by atoms with van der Waals surface area (Å²) in [5, 5.41) is 0. The highest BCUT2D eigenvalue weighted by atomic mass is 16.2. The molecular weight excluding hydrogens is 186 g/mol. The van der Waals surface area contributed by atoms with Crippen LogP contribution in [-0.4, -0.2) is 23.9 Å². The molecule has 1 amide bonds. The Kier molecular flexibility index (Phi) is 3.58. The van der Waals surface area contributed by atoms with Gasteiger partial charge in [-0.05, 0) is 17.8 Å². The lowest BCUT2D eigenvalue weighted by Crippen LogP contribution is -2.40. The van der Waals surface area contributed by atoms with E-state index in [1.54, 1.807) is 6.08 Å². The third-order valence-corrected chi connectivity index (χ3v) is 3.87. The van der Waals surface area contributed by atoms with Crippen LogP contribution in [0.25, 0.3) is 0 Å². The van der Waals surface area contributed by atoms with E-state index in [-0.39, 0.29) is 11.9 Å². The Labute approximate surface area is 93.3 Å². The molecule has 0 bridgehead atoms. The predicted octanol–water partition coefficient (Wildman–Crippen LogP) is 2.85. The molecule has 0 N–H and O–H groups in total. The van der Waals surface area contributed by atoms with E-state index < -0.39 is 0 Å². The van der Waals surface area contributed by atoms with Gasteiger partial charge >= 0.3 is 0 Å². The second-order valence-electron chi connectivity index (χ2n) is 5.33. The van der Waals surface area contributed by atoms with Crippen LogP contribution in [0.1, 0.15) is 40.5 Å². The van der Waals surface area contributed by atoms with Crippen molar-refractivity contribution in [3.8, 4) is 0 Å². The average molecular weight is 209 g/mol. The summed E-state index contributed by atoms with van der Waals surface area (Å²) in [4.78, 5) is 13.3. The Morgan fingerprint density at radius 1 is 1.53 bits per heavy atom. The summed E-state index contributed by atoms with van der Waals surface area (Å²) in [5.41, 5.74) is 0.294. The summed E-state index contributed by atoms with van der Waals surface area (Å²) in [7, 11) is 1.89. The van der Waals surface area contributed by atoms with Crippen molar-refractivity contribution in [2.75, 3.05) is 7.05 Å². The largest absolute Gasteiger partial charge is 0.335 e. The molecule has 0 aromatic heterocycles. The standard InChI is InChI=1S/C13H23NO/c1-6-9-13(3,4)10(2)11-7-8-12(15)14(11)5/h7-8,10-11H,6,9H2,1-5H3/t10?,11-/m1/s1. The van der Waals surface area contributed by atoms with Crippen molar-refractivity contribution in [3.05, 3.63) is 12.2 Å². The zero-order valence-corrected chi connectivity index (χ0v) is 10.6. The van der Waals surface area contributed by atoms with Crippen molar-refractivity contribution in [2.45, 2.75) is 46.6 Å². The number of likely N-dealkylation sites (N-methyl/N-ethyl adjacent to an activating group) is 1. The van der Waals surface area contributed by atoms with Gasteiger partial charge in [0, 0.05) is 13.1 Å². The van der Waals surface area contributed by atoms with Crippen LogP contribution < -0.4 is 0 Å². The summed E-state index contributed by atoms with van der Waals surface area (Å²) < 4.78 is 0. The first-order valence-corrected chi connectivity index (χ1v) is 5.85. The van der Waals surface area contributed by atoms with E-state index >= 15 is 0 Å². The van der Waals surface area contributed by atoms with Gasteiger partial charge in [0.15, 0.2) is 0 Å². The number of carbonyl (C=O) groups excluding carboxylic acids is 1. The van der Waals surface area contributed by atoms with Gasteiger partial charge in [-0.25, -0.2) is 0 Å². The fourth-order valence-corrected chi connectivity index (χ4v) is 2.41. The van der Waals surface area contributed by atoms with Gasteiger partial charge in [-0.15, -0.1) is 0 Å². The van der Waals surface area contributed by atoms with Gasteiger partial charge in [-0.3, -0.25) is 4.79 Å². The van der Waals surface area contributed by atoms with Crippen molar-refractivity contribution < 1.29 is 4.79 Å². The fraction of sp³-hybridized carbons (Fsp3) is 0.769. The molecule has 1 aliphatic heterocycles. The van der Waals surface area contributed by atoms with E-state index in [9.17, 15) is 4.79 Å². The molecule has 0 spiro atoms. The van der Waals surface area contributed by atoms with Crippen molar-refractivity contribution in [1.82, 2.24) is 4.90 Å². The molecule has 0 saturated heterocycles. The minimum absolute atomic E-state index is 0.138. The monoisotopic (exact) mass is 209 g/mol. The lowest BCUT2D eigenvalue weighted by atomic mass is 9.73. The smallest absolute Gasteiger partial charge is 0.246 e. The zero-order chi connectivity index (χ0) is 11.6. The molecule has 0 aromatic rings. The lowest BCUT2D eigenvalue weighted by molar-refractivity contribution is -0.125. The molecule has 0 aromatic carbocycles. The third kappa shape index (κ3) is 2.42. The molecule has 2 heteroatoms. The molecule has 0 saturated carbocycles. The SMILES string of the molecule is CCCC(C)(C)C(C)[C@H]1C=CC(=O)N1C. The molecule has 1 heterocycles. The van der Waals surface area contributed by atoms with E-state index in [4.69, 9.17) is 0 Å². The summed E-state index contributed by atoms with van der Waals surface area (Å²) in [5.74, 6) is 0.643. The Hall–Kier alpha value is -0.790. The molecule has 0 radical (unpaired) electrons. The molecule has 0 aliphatic carbocycles.